The van der Waals surface area contributed by atoms with E-state index in [0.29, 0.717) is 0 Å². The maximum Gasteiger partial charge on any atom is 2.00 e. The summed E-state index contributed by atoms with van der Waals surface area (Å²) in [5.74, 6) is 0. The van der Waals surface area contributed by atoms with Crippen molar-refractivity contribution in [3.05, 3.63) is 158 Å². The topological polar surface area (TPSA) is 35.6 Å². The fraction of sp³-hybridized carbons (Fsp3) is 0. The van der Waals surface area contributed by atoms with Crippen LogP contribution in [0, 0.1) is 12.1 Å². The van der Waals surface area contributed by atoms with Crippen molar-refractivity contribution in [3.8, 4) is 33.9 Å². The smallest absolute Gasteiger partial charge is 0.350 e. The van der Waals surface area contributed by atoms with E-state index in [-0.39, 0.29) is 21.1 Å². The van der Waals surface area contributed by atoms with Crippen LogP contribution < -0.4 is 0 Å². The van der Waals surface area contributed by atoms with Crippen molar-refractivity contribution in [2.24, 2.45) is 0 Å². The van der Waals surface area contributed by atoms with Crippen LogP contribution in [-0.2, 0) is 21.1 Å². The zero-order valence-electron chi connectivity index (χ0n) is 24.0. The fourth-order valence-corrected chi connectivity index (χ4v) is 6.50. The van der Waals surface area contributed by atoms with E-state index in [2.05, 4.69) is 128 Å². The molecule has 0 aliphatic heterocycles. The molecule has 0 fully saturated rings. The van der Waals surface area contributed by atoms with Crippen LogP contribution in [-0.4, -0.2) is 19.1 Å². The van der Waals surface area contributed by atoms with Crippen LogP contribution in [0.5, 0.6) is 0 Å². The third-order valence-electron chi connectivity index (χ3n) is 8.38. The number of fused-ring (bicyclic) bond motifs is 7. The van der Waals surface area contributed by atoms with Crippen molar-refractivity contribution in [1.29, 1.82) is 0 Å². The van der Waals surface area contributed by atoms with Gasteiger partial charge in [0, 0.05) is 46.2 Å². The molecule has 0 aliphatic rings. The number of pyridine rings is 2. The van der Waals surface area contributed by atoms with Gasteiger partial charge in [0.15, 0.2) is 0 Å². The standard InChI is InChI=1S/C40H24N4.Pt/c1-3-11-29(12-4-1)43-35-19-17-27(33-15-7-9-23-41-33)25-31(35)39-37(43)21-22-38-40(39)32-26-28(34-16-8-10-24-42-34)18-20-36(32)44(38)30-13-5-2-6-14-30;/h1-24H;/q-2;+2. The van der Waals surface area contributed by atoms with Gasteiger partial charge < -0.3 is 9.13 Å². The average Bonchev–Trinajstić information content (AvgIpc) is 3.61. The van der Waals surface area contributed by atoms with Crippen LogP contribution >= 0.6 is 0 Å². The first-order valence-corrected chi connectivity index (χ1v) is 14.7. The maximum absolute atomic E-state index is 4.65. The van der Waals surface area contributed by atoms with Crippen LogP contribution in [0.25, 0.3) is 77.5 Å². The molecule has 4 nitrogen and oxygen atoms in total. The molecule has 9 aromatic rings. The van der Waals surface area contributed by atoms with E-state index in [1.54, 1.807) is 0 Å². The molecule has 5 aromatic carbocycles. The Bertz CT molecular complexity index is 2290. The van der Waals surface area contributed by atoms with Gasteiger partial charge >= 0.3 is 21.1 Å². The molecule has 4 aromatic heterocycles. The number of hydrogen-bond acceptors (Lipinski definition) is 2. The largest absolute Gasteiger partial charge is 2.00 e. The molecule has 4 heterocycles. The molecule has 0 atom stereocenters. The Morgan fingerprint density at radius 3 is 1.20 bits per heavy atom. The molecule has 0 radical (unpaired) electrons. The van der Waals surface area contributed by atoms with E-state index in [1.165, 1.54) is 0 Å². The maximum atomic E-state index is 4.65. The summed E-state index contributed by atoms with van der Waals surface area (Å²) in [6.45, 7) is 0. The minimum Gasteiger partial charge on any atom is -0.350 e. The third-order valence-corrected chi connectivity index (χ3v) is 8.38. The van der Waals surface area contributed by atoms with Crippen LogP contribution in [0.2, 0.25) is 0 Å². The summed E-state index contributed by atoms with van der Waals surface area (Å²) in [6.07, 6.45) is 3.67. The average molecular weight is 756 g/mol. The van der Waals surface area contributed by atoms with Crippen LogP contribution in [0.15, 0.2) is 146 Å². The summed E-state index contributed by atoms with van der Waals surface area (Å²) in [5, 5.41) is 4.41. The molecule has 0 unspecified atom stereocenters. The number of para-hydroxylation sites is 2. The fourth-order valence-electron chi connectivity index (χ4n) is 6.50. The van der Waals surface area contributed by atoms with E-state index in [9.17, 15) is 0 Å². The summed E-state index contributed by atoms with van der Waals surface area (Å²) in [5.41, 5.74) is 10.4. The number of rotatable bonds is 4. The van der Waals surface area contributed by atoms with E-state index in [0.717, 1.165) is 77.5 Å². The number of aromatic nitrogens is 4. The molecule has 0 saturated carbocycles. The minimum absolute atomic E-state index is 0. The summed E-state index contributed by atoms with van der Waals surface area (Å²) in [6, 6.07) is 53.9. The monoisotopic (exact) mass is 755 g/mol. The summed E-state index contributed by atoms with van der Waals surface area (Å²) < 4.78 is 4.69. The van der Waals surface area contributed by atoms with Gasteiger partial charge in [-0.3, -0.25) is 9.97 Å². The van der Waals surface area contributed by atoms with Gasteiger partial charge in [-0.15, -0.1) is 36.4 Å². The van der Waals surface area contributed by atoms with Gasteiger partial charge in [-0.2, -0.15) is 0 Å². The molecule has 0 bridgehead atoms. The number of nitrogens with zero attached hydrogens (tertiary/aromatic N) is 4. The predicted molar refractivity (Wildman–Crippen MR) is 179 cm³/mol. The first-order valence-electron chi connectivity index (χ1n) is 14.7. The molecule has 0 amide bonds. The molecule has 5 heteroatoms. The zero-order valence-corrected chi connectivity index (χ0v) is 26.2. The zero-order chi connectivity index (χ0) is 29.0. The van der Waals surface area contributed by atoms with Crippen molar-refractivity contribution in [2.45, 2.75) is 0 Å². The van der Waals surface area contributed by atoms with E-state index in [4.69, 9.17) is 0 Å². The second-order valence-corrected chi connectivity index (χ2v) is 10.9. The molecule has 9 rings (SSSR count). The van der Waals surface area contributed by atoms with Gasteiger partial charge in [-0.05, 0) is 59.6 Å². The SMILES string of the molecule is [Pt+2].[c-]1c(-c2ccccn2)ccc2c1c1c3c4[c-]c(-c5ccccn5)ccc4n(-c4ccccc4)c3ccc1n2-c1ccccc1. The first-order chi connectivity index (χ1) is 21.8. The van der Waals surface area contributed by atoms with Gasteiger partial charge in [0.2, 0.25) is 0 Å². The van der Waals surface area contributed by atoms with Crippen molar-refractivity contribution >= 4 is 43.6 Å². The van der Waals surface area contributed by atoms with Gasteiger partial charge in [0.25, 0.3) is 0 Å². The minimum atomic E-state index is 0. The Morgan fingerprint density at radius 2 is 0.800 bits per heavy atom. The van der Waals surface area contributed by atoms with Gasteiger partial charge in [0.1, 0.15) is 0 Å². The Morgan fingerprint density at radius 1 is 0.400 bits per heavy atom. The molecule has 45 heavy (non-hydrogen) atoms. The summed E-state index contributed by atoms with van der Waals surface area (Å²) >= 11 is 0. The van der Waals surface area contributed by atoms with Crippen molar-refractivity contribution in [2.75, 3.05) is 0 Å². The predicted octanol–water partition coefficient (Wildman–Crippen LogP) is 9.60. The van der Waals surface area contributed by atoms with E-state index < -0.39 is 0 Å². The second kappa shape index (κ2) is 11.0. The molecule has 0 N–H and O–H groups in total. The first kappa shape index (κ1) is 27.3. The summed E-state index contributed by atoms with van der Waals surface area (Å²) in [4.78, 5) is 9.29. The molecule has 214 valence electrons. The van der Waals surface area contributed by atoms with Crippen molar-refractivity contribution < 1.29 is 21.1 Å². The van der Waals surface area contributed by atoms with Crippen LogP contribution in [0.3, 0.4) is 0 Å². The number of benzene rings is 5. The normalized spacial score (nSPS) is 11.4. The molecular weight excluding hydrogens is 732 g/mol. The molecule has 0 saturated heterocycles. The Hall–Kier alpha value is -5.31. The van der Waals surface area contributed by atoms with E-state index >= 15 is 0 Å². The van der Waals surface area contributed by atoms with Gasteiger partial charge in [-0.25, -0.2) is 0 Å². The van der Waals surface area contributed by atoms with E-state index in [1.807, 2.05) is 48.8 Å². The molecule has 0 spiro atoms. The van der Waals surface area contributed by atoms with Gasteiger partial charge in [-0.1, -0.05) is 93.3 Å². The second-order valence-electron chi connectivity index (χ2n) is 10.9. The van der Waals surface area contributed by atoms with Crippen molar-refractivity contribution in [3.63, 3.8) is 0 Å². The Balaban J connectivity index is 0.00000300. The van der Waals surface area contributed by atoms with Crippen LogP contribution in [0.1, 0.15) is 0 Å². The molecule has 0 aliphatic carbocycles. The number of hydrogen-bond donors (Lipinski definition) is 0. The quantitative estimate of drug-likeness (QED) is 0.168. The van der Waals surface area contributed by atoms with Gasteiger partial charge in [0.05, 0.1) is 0 Å². The Labute approximate surface area is 274 Å². The Kier molecular flexibility index (Phi) is 6.66. The molecular formula is C40H24N4Pt. The van der Waals surface area contributed by atoms with Crippen molar-refractivity contribution in [1.82, 2.24) is 19.1 Å². The van der Waals surface area contributed by atoms with Crippen LogP contribution in [0.4, 0.5) is 0 Å². The third kappa shape index (κ3) is 4.33. The summed E-state index contributed by atoms with van der Waals surface area (Å²) in [7, 11) is 0.